The molecule has 6 nitrogen and oxygen atoms in total. The molecule has 3 aliphatic heterocycles. The van der Waals surface area contributed by atoms with Gasteiger partial charge in [0.25, 0.3) is 5.92 Å². The summed E-state index contributed by atoms with van der Waals surface area (Å²) >= 11 is 0. The number of nitrogens with zero attached hydrogens (tertiary/aromatic N) is 4. The van der Waals surface area contributed by atoms with Crippen LogP contribution in [0.4, 0.5) is 33.7 Å². The minimum Gasteiger partial charge on any atom is -0.481 e. The van der Waals surface area contributed by atoms with Gasteiger partial charge in [-0.25, -0.2) is 4.98 Å². The lowest BCUT2D eigenvalue weighted by atomic mass is 9.60. The molecule has 0 aromatic carbocycles. The lowest BCUT2D eigenvalue weighted by Gasteiger charge is -2.54. The minimum atomic E-state index is -4.47. The SMILES string of the molecule is O=C(O)CC1C2CC1CN(c1nc(N3CCC3C(F)(F)F)nc3c1CCC3(F)F)C2. The molecule has 1 saturated carbocycles. The molecule has 30 heavy (non-hydrogen) atoms. The predicted molar refractivity (Wildman–Crippen MR) is 95.6 cm³/mol. The maximum Gasteiger partial charge on any atom is 0.408 e. The fraction of sp³-hybridized carbons (Fsp3) is 0.737. The van der Waals surface area contributed by atoms with Crippen molar-refractivity contribution >= 4 is 17.7 Å². The van der Waals surface area contributed by atoms with Crippen LogP contribution >= 0.6 is 0 Å². The summed E-state index contributed by atoms with van der Waals surface area (Å²) in [4.78, 5) is 22.1. The molecule has 0 spiro atoms. The number of aliphatic carboxylic acids is 1. The first kappa shape index (κ1) is 19.7. The van der Waals surface area contributed by atoms with Gasteiger partial charge >= 0.3 is 12.1 Å². The third-order valence-electron chi connectivity index (χ3n) is 7.10. The van der Waals surface area contributed by atoms with Crippen molar-refractivity contribution in [1.29, 1.82) is 0 Å². The molecule has 1 aromatic rings. The number of hydrogen-bond donors (Lipinski definition) is 1. The van der Waals surface area contributed by atoms with Gasteiger partial charge in [-0.2, -0.15) is 26.9 Å². The number of piperidine rings is 2. The van der Waals surface area contributed by atoms with Crippen molar-refractivity contribution in [2.45, 2.75) is 50.2 Å². The summed E-state index contributed by atoms with van der Waals surface area (Å²) in [7, 11) is 0. The van der Waals surface area contributed by atoms with E-state index < -0.39 is 36.2 Å². The summed E-state index contributed by atoms with van der Waals surface area (Å²) < 4.78 is 68.6. The molecule has 3 atom stereocenters. The van der Waals surface area contributed by atoms with Gasteiger partial charge in [0.2, 0.25) is 5.95 Å². The highest BCUT2D eigenvalue weighted by molar-refractivity contribution is 5.67. The van der Waals surface area contributed by atoms with Crippen LogP contribution in [-0.2, 0) is 17.1 Å². The quantitative estimate of drug-likeness (QED) is 0.737. The van der Waals surface area contributed by atoms with Crippen LogP contribution in [0, 0.1) is 17.8 Å². The van der Waals surface area contributed by atoms with E-state index in [-0.39, 0.29) is 49.5 Å². The Balaban J connectivity index is 1.47. The fourth-order valence-corrected chi connectivity index (χ4v) is 5.45. The lowest BCUT2D eigenvalue weighted by molar-refractivity contribution is -0.160. The van der Waals surface area contributed by atoms with Crippen molar-refractivity contribution in [3.05, 3.63) is 11.3 Å². The Hall–Kier alpha value is -2.20. The molecule has 3 unspecified atom stereocenters. The number of hydrogen-bond acceptors (Lipinski definition) is 5. The highest BCUT2D eigenvalue weighted by atomic mass is 19.4. The van der Waals surface area contributed by atoms with Crippen molar-refractivity contribution in [3.63, 3.8) is 0 Å². The van der Waals surface area contributed by atoms with Gasteiger partial charge in [0.1, 0.15) is 17.6 Å². The second-order valence-corrected chi connectivity index (χ2v) is 8.84. The molecule has 0 radical (unpaired) electrons. The Morgan fingerprint density at radius 1 is 1.20 bits per heavy atom. The Morgan fingerprint density at radius 3 is 2.47 bits per heavy atom. The van der Waals surface area contributed by atoms with E-state index in [2.05, 4.69) is 9.97 Å². The number of rotatable bonds is 4. The molecule has 1 aromatic heterocycles. The zero-order valence-corrected chi connectivity index (χ0v) is 16.0. The summed E-state index contributed by atoms with van der Waals surface area (Å²) in [6, 6.07) is -1.76. The van der Waals surface area contributed by atoms with Gasteiger partial charge < -0.3 is 14.9 Å². The third-order valence-corrected chi connectivity index (χ3v) is 7.10. The van der Waals surface area contributed by atoms with Crippen molar-refractivity contribution in [1.82, 2.24) is 9.97 Å². The Morgan fingerprint density at radius 2 is 1.90 bits per heavy atom. The van der Waals surface area contributed by atoms with Gasteiger partial charge in [-0.1, -0.05) is 0 Å². The molecule has 164 valence electrons. The predicted octanol–water partition coefficient (Wildman–Crippen LogP) is 3.20. The first-order valence-electron chi connectivity index (χ1n) is 10.1. The van der Waals surface area contributed by atoms with Gasteiger partial charge in [-0.05, 0) is 37.0 Å². The molecule has 1 N–H and O–H groups in total. The van der Waals surface area contributed by atoms with Crippen molar-refractivity contribution in [3.8, 4) is 0 Å². The zero-order chi connectivity index (χ0) is 21.4. The smallest absolute Gasteiger partial charge is 0.408 e. The Bertz CT molecular complexity index is 880. The van der Waals surface area contributed by atoms with Crippen LogP contribution in [0.5, 0.6) is 0 Å². The lowest BCUT2D eigenvalue weighted by Crippen LogP contribution is -2.57. The maximum absolute atomic E-state index is 14.5. The number of fused-ring (bicyclic) bond motifs is 3. The number of alkyl halides is 5. The van der Waals surface area contributed by atoms with Crippen LogP contribution in [0.2, 0.25) is 0 Å². The number of aromatic nitrogens is 2. The molecule has 2 aliphatic carbocycles. The standard InChI is InChI=1S/C19H21F5N4O2/c20-18(21)3-1-11-15(18)25-17(28-4-2-13(28)19(22,23)24)26-16(11)27-7-9-5-10(8-27)12(9)6-14(29)30/h9-10,12-13H,1-8H2,(H,29,30). The van der Waals surface area contributed by atoms with E-state index in [4.69, 9.17) is 5.11 Å². The molecular weight excluding hydrogens is 411 g/mol. The summed E-state index contributed by atoms with van der Waals surface area (Å²) in [5.41, 5.74) is -0.152. The van der Waals surface area contributed by atoms with Gasteiger partial charge in [0.15, 0.2) is 0 Å². The number of carboxylic acid groups (broad SMARTS) is 1. The molecule has 11 heteroatoms. The summed E-state index contributed by atoms with van der Waals surface area (Å²) in [5.74, 6) is -3.73. The summed E-state index contributed by atoms with van der Waals surface area (Å²) in [6.07, 6.45) is -3.98. The molecule has 0 amide bonds. The van der Waals surface area contributed by atoms with Gasteiger partial charge in [-0.15, -0.1) is 0 Å². The van der Waals surface area contributed by atoms with Gasteiger partial charge in [-0.3, -0.25) is 4.79 Å². The number of carboxylic acids is 1. The minimum absolute atomic E-state index is 0.0551. The second-order valence-electron chi connectivity index (χ2n) is 8.84. The molecule has 2 bridgehead atoms. The first-order valence-corrected chi connectivity index (χ1v) is 10.1. The van der Waals surface area contributed by atoms with E-state index in [1.165, 1.54) is 0 Å². The van der Waals surface area contributed by atoms with E-state index in [0.29, 0.717) is 24.5 Å². The summed E-state index contributed by atoms with van der Waals surface area (Å²) in [6.45, 7) is 1.02. The molecular formula is C19H21F5N4O2. The monoisotopic (exact) mass is 432 g/mol. The molecule has 6 rings (SSSR count). The highest BCUT2D eigenvalue weighted by Gasteiger charge is 2.52. The van der Waals surface area contributed by atoms with E-state index in [1.807, 2.05) is 4.90 Å². The average Bonchev–Trinajstić information content (AvgIpc) is 2.92. The van der Waals surface area contributed by atoms with Crippen LogP contribution in [0.25, 0.3) is 0 Å². The first-order chi connectivity index (χ1) is 14.0. The fourth-order valence-electron chi connectivity index (χ4n) is 5.45. The van der Waals surface area contributed by atoms with Crippen molar-refractivity contribution in [2.24, 2.45) is 17.8 Å². The Kier molecular flexibility index (Phi) is 4.21. The van der Waals surface area contributed by atoms with Crippen molar-refractivity contribution in [2.75, 3.05) is 29.4 Å². The highest BCUT2D eigenvalue weighted by Crippen LogP contribution is 2.51. The van der Waals surface area contributed by atoms with Crippen LogP contribution in [0.3, 0.4) is 0 Å². The van der Waals surface area contributed by atoms with Gasteiger partial charge in [0.05, 0.1) is 0 Å². The van der Waals surface area contributed by atoms with Crippen molar-refractivity contribution < 1.29 is 31.9 Å². The summed E-state index contributed by atoms with van der Waals surface area (Å²) in [5, 5.41) is 9.08. The Labute approximate surface area is 169 Å². The molecule has 4 heterocycles. The van der Waals surface area contributed by atoms with Crippen LogP contribution < -0.4 is 9.80 Å². The third kappa shape index (κ3) is 2.99. The second kappa shape index (κ2) is 6.40. The van der Waals surface area contributed by atoms with E-state index in [0.717, 1.165) is 11.3 Å². The van der Waals surface area contributed by atoms with E-state index in [9.17, 15) is 26.7 Å². The number of halogens is 5. The average molecular weight is 432 g/mol. The number of anilines is 2. The van der Waals surface area contributed by atoms with Crippen LogP contribution in [0.15, 0.2) is 0 Å². The molecule has 3 saturated heterocycles. The van der Waals surface area contributed by atoms with Gasteiger partial charge in [0, 0.05) is 38.0 Å². The molecule has 5 aliphatic rings. The molecule has 4 fully saturated rings. The van der Waals surface area contributed by atoms with Crippen LogP contribution in [0.1, 0.15) is 36.9 Å². The maximum atomic E-state index is 14.5. The topological polar surface area (TPSA) is 69.6 Å². The largest absolute Gasteiger partial charge is 0.481 e. The van der Waals surface area contributed by atoms with E-state index >= 15 is 0 Å². The zero-order valence-electron chi connectivity index (χ0n) is 16.0. The van der Waals surface area contributed by atoms with E-state index in [1.54, 1.807) is 0 Å². The normalized spacial score (nSPS) is 31.8. The number of carbonyl (C=O) groups is 1. The van der Waals surface area contributed by atoms with Crippen LogP contribution in [-0.4, -0.2) is 52.9 Å².